The minimum Gasteiger partial charge on any atom is -0.0622 e. The maximum atomic E-state index is 3.33. The average Bonchev–Trinajstić information content (AvgIpc) is 2.30. The van der Waals surface area contributed by atoms with Crippen molar-refractivity contribution in [1.82, 2.24) is 0 Å². The molecule has 0 N–H and O–H groups in total. The lowest BCUT2D eigenvalue weighted by molar-refractivity contribution is 0.869. The Morgan fingerprint density at radius 2 is 1.67 bits per heavy atom. The quantitative estimate of drug-likeness (QED) is 0.671. The fourth-order valence-electron chi connectivity index (χ4n) is 1.79. The van der Waals surface area contributed by atoms with Crippen molar-refractivity contribution < 1.29 is 0 Å². The van der Waals surface area contributed by atoms with Crippen molar-refractivity contribution >= 4 is 0 Å². The molecule has 0 aliphatic rings. The molecule has 2 aromatic carbocycles. The smallest absolute Gasteiger partial charge is 0.00705 e. The first-order valence-corrected chi connectivity index (χ1v) is 5.35. The Morgan fingerprint density at radius 3 is 2.33 bits per heavy atom. The fraction of sp³-hybridized carbons (Fsp3) is 0.200. The van der Waals surface area contributed by atoms with Crippen LogP contribution in [-0.2, 0) is 0 Å². The summed E-state index contributed by atoms with van der Waals surface area (Å²) in [5.41, 5.74) is 3.85. The van der Waals surface area contributed by atoms with Crippen molar-refractivity contribution in [2.24, 2.45) is 0 Å². The van der Waals surface area contributed by atoms with Crippen LogP contribution < -0.4 is 0 Å². The van der Waals surface area contributed by atoms with Gasteiger partial charge in [-0.3, -0.25) is 0 Å². The zero-order valence-electron chi connectivity index (χ0n) is 9.20. The Labute approximate surface area is 91.6 Å². The molecule has 0 heteroatoms. The standard InChI is InChI=1S/C15H15/c1-12(2)14-10-6-7-11-15(14)13-8-4-3-5-9-13/h3-10,12H,1-2H3. The molecule has 0 amide bonds. The van der Waals surface area contributed by atoms with Crippen LogP contribution in [-0.4, -0.2) is 0 Å². The predicted molar refractivity (Wildman–Crippen MR) is 64.8 cm³/mol. The van der Waals surface area contributed by atoms with E-state index in [4.69, 9.17) is 0 Å². The molecule has 0 fully saturated rings. The largest absolute Gasteiger partial charge is 0.0622 e. The second-order valence-corrected chi connectivity index (χ2v) is 4.02. The second kappa shape index (κ2) is 4.31. The molecule has 75 valence electrons. The van der Waals surface area contributed by atoms with E-state index in [1.165, 1.54) is 16.7 Å². The van der Waals surface area contributed by atoms with Crippen molar-refractivity contribution in [2.45, 2.75) is 19.8 Å². The normalized spacial score (nSPS) is 10.6. The highest BCUT2D eigenvalue weighted by atomic mass is 14.1. The van der Waals surface area contributed by atoms with Crippen molar-refractivity contribution in [2.75, 3.05) is 0 Å². The summed E-state index contributed by atoms with van der Waals surface area (Å²) in [5.74, 6) is 0.539. The first-order chi connectivity index (χ1) is 7.29. The van der Waals surface area contributed by atoms with Crippen molar-refractivity contribution in [3.05, 3.63) is 60.2 Å². The number of hydrogen-bond donors (Lipinski definition) is 0. The number of benzene rings is 2. The summed E-state index contributed by atoms with van der Waals surface area (Å²) in [6, 6.07) is 20.0. The first kappa shape index (κ1) is 9.97. The fourth-order valence-corrected chi connectivity index (χ4v) is 1.79. The third-order valence-corrected chi connectivity index (χ3v) is 2.57. The van der Waals surface area contributed by atoms with Crippen molar-refractivity contribution in [3.8, 4) is 11.1 Å². The molecule has 0 unspecified atom stereocenters. The predicted octanol–water partition coefficient (Wildman–Crippen LogP) is 4.28. The van der Waals surface area contributed by atoms with Crippen LogP contribution in [0.2, 0.25) is 0 Å². The van der Waals surface area contributed by atoms with Gasteiger partial charge in [0.25, 0.3) is 0 Å². The lowest BCUT2D eigenvalue weighted by Gasteiger charge is -2.11. The molecule has 0 aliphatic heterocycles. The van der Waals surface area contributed by atoms with Crippen LogP contribution in [0.25, 0.3) is 11.1 Å². The summed E-state index contributed by atoms with van der Waals surface area (Å²) >= 11 is 0. The molecule has 0 aromatic heterocycles. The van der Waals surface area contributed by atoms with Gasteiger partial charge in [0.05, 0.1) is 0 Å². The molecular formula is C15H15. The van der Waals surface area contributed by atoms with E-state index in [-0.39, 0.29) is 0 Å². The maximum absolute atomic E-state index is 3.33. The van der Waals surface area contributed by atoms with E-state index in [2.05, 4.69) is 56.3 Å². The van der Waals surface area contributed by atoms with Crippen molar-refractivity contribution in [3.63, 3.8) is 0 Å². The summed E-state index contributed by atoms with van der Waals surface area (Å²) < 4.78 is 0. The van der Waals surface area contributed by atoms with Crippen LogP contribution in [0.15, 0.2) is 48.5 Å². The monoisotopic (exact) mass is 195 g/mol. The zero-order chi connectivity index (χ0) is 10.7. The van der Waals surface area contributed by atoms with Crippen LogP contribution in [0, 0.1) is 6.07 Å². The van der Waals surface area contributed by atoms with E-state index in [0.29, 0.717) is 5.92 Å². The van der Waals surface area contributed by atoms with Gasteiger partial charge in [-0.15, -0.1) is 0 Å². The molecule has 2 aromatic rings. The van der Waals surface area contributed by atoms with Gasteiger partial charge in [-0.2, -0.15) is 0 Å². The summed E-state index contributed by atoms with van der Waals surface area (Å²) in [6.45, 7) is 4.44. The molecule has 0 saturated carbocycles. The van der Waals surface area contributed by atoms with Crippen LogP contribution in [0.1, 0.15) is 25.3 Å². The van der Waals surface area contributed by atoms with Gasteiger partial charge in [0.1, 0.15) is 0 Å². The van der Waals surface area contributed by atoms with Crippen LogP contribution in [0.4, 0.5) is 0 Å². The Kier molecular flexibility index (Phi) is 2.86. The minimum atomic E-state index is 0.539. The molecule has 0 spiro atoms. The summed E-state index contributed by atoms with van der Waals surface area (Å²) in [7, 11) is 0. The van der Waals surface area contributed by atoms with Crippen LogP contribution in [0.5, 0.6) is 0 Å². The van der Waals surface area contributed by atoms with Crippen LogP contribution >= 0.6 is 0 Å². The van der Waals surface area contributed by atoms with Gasteiger partial charge < -0.3 is 0 Å². The van der Waals surface area contributed by atoms with E-state index in [9.17, 15) is 0 Å². The van der Waals surface area contributed by atoms with E-state index in [1.54, 1.807) is 0 Å². The molecule has 15 heavy (non-hydrogen) atoms. The molecule has 0 nitrogen and oxygen atoms in total. The lowest BCUT2D eigenvalue weighted by Crippen LogP contribution is -1.91. The van der Waals surface area contributed by atoms with E-state index >= 15 is 0 Å². The van der Waals surface area contributed by atoms with Gasteiger partial charge in [0.2, 0.25) is 0 Å². The van der Waals surface area contributed by atoms with Gasteiger partial charge in [0, 0.05) is 0 Å². The molecule has 0 bridgehead atoms. The first-order valence-electron chi connectivity index (χ1n) is 5.35. The van der Waals surface area contributed by atoms with Gasteiger partial charge >= 0.3 is 0 Å². The molecule has 0 saturated heterocycles. The van der Waals surface area contributed by atoms with E-state index in [1.807, 2.05) is 12.1 Å². The topological polar surface area (TPSA) is 0 Å². The highest BCUT2D eigenvalue weighted by molar-refractivity contribution is 5.67. The summed E-state index contributed by atoms with van der Waals surface area (Å²) in [5, 5.41) is 0. The summed E-state index contributed by atoms with van der Waals surface area (Å²) in [4.78, 5) is 0. The maximum Gasteiger partial charge on any atom is -0.00705 e. The molecular weight excluding hydrogens is 180 g/mol. The molecule has 0 atom stereocenters. The van der Waals surface area contributed by atoms with Crippen LogP contribution in [0.3, 0.4) is 0 Å². The SMILES string of the molecule is CC(C)c1ccc[c]c1-c1ccccc1. The Bertz CT molecular complexity index is 427. The van der Waals surface area contributed by atoms with Gasteiger partial charge in [-0.1, -0.05) is 62.4 Å². The molecule has 1 radical (unpaired) electrons. The second-order valence-electron chi connectivity index (χ2n) is 4.02. The van der Waals surface area contributed by atoms with Gasteiger partial charge in [-0.25, -0.2) is 0 Å². The zero-order valence-corrected chi connectivity index (χ0v) is 9.20. The van der Waals surface area contributed by atoms with Crippen molar-refractivity contribution in [1.29, 1.82) is 0 Å². The third-order valence-electron chi connectivity index (χ3n) is 2.57. The van der Waals surface area contributed by atoms with E-state index < -0.39 is 0 Å². The Balaban J connectivity index is 2.53. The molecule has 0 heterocycles. The highest BCUT2D eigenvalue weighted by Gasteiger charge is 2.06. The molecule has 0 aliphatic carbocycles. The number of rotatable bonds is 2. The van der Waals surface area contributed by atoms with Gasteiger partial charge in [-0.05, 0) is 28.7 Å². The Hall–Kier alpha value is -1.56. The average molecular weight is 195 g/mol. The minimum absolute atomic E-state index is 0.539. The lowest BCUT2D eigenvalue weighted by atomic mass is 9.93. The molecule has 2 rings (SSSR count). The summed E-state index contributed by atoms with van der Waals surface area (Å²) in [6.07, 6.45) is 0. The Morgan fingerprint density at radius 1 is 0.933 bits per heavy atom. The highest BCUT2D eigenvalue weighted by Crippen LogP contribution is 2.27. The third kappa shape index (κ3) is 2.10. The van der Waals surface area contributed by atoms with E-state index in [0.717, 1.165) is 0 Å². The number of hydrogen-bond acceptors (Lipinski definition) is 0. The van der Waals surface area contributed by atoms with Gasteiger partial charge in [0.15, 0.2) is 0 Å².